The molecule has 0 aromatic carbocycles. The molecule has 10 nitrogen and oxygen atoms in total. The summed E-state index contributed by atoms with van der Waals surface area (Å²) in [5.41, 5.74) is -1.61. The number of nitrogens with zero attached hydrogens (tertiary/aromatic N) is 1. The van der Waals surface area contributed by atoms with Crippen LogP contribution in [0.4, 0.5) is 5.13 Å². The number of anilines is 1. The molecule has 0 bridgehead atoms. The summed E-state index contributed by atoms with van der Waals surface area (Å²) in [4.78, 5) is 41.4. The van der Waals surface area contributed by atoms with Crippen molar-refractivity contribution in [1.29, 1.82) is 0 Å². The third kappa shape index (κ3) is 3.65. The molecule has 0 atom stereocenters. The lowest BCUT2D eigenvalue weighted by molar-refractivity contribution is 0.0531. The fourth-order valence-corrected chi connectivity index (χ4v) is 3.70. The van der Waals surface area contributed by atoms with Crippen LogP contribution >= 0.6 is 11.3 Å². The average Bonchev–Trinajstić information content (AvgIpc) is 2.78. The molecule has 0 saturated heterocycles. The Labute approximate surface area is 133 Å². The number of H-pyrrole nitrogens is 2. The largest absolute Gasteiger partial charge is 0.462 e. The molecule has 0 aliphatic rings. The molecule has 0 aliphatic heterocycles. The molecule has 2 aromatic heterocycles. The van der Waals surface area contributed by atoms with Gasteiger partial charge in [-0.05, 0) is 13.8 Å². The van der Waals surface area contributed by atoms with Crippen molar-refractivity contribution in [2.45, 2.75) is 18.7 Å². The Morgan fingerprint density at radius 2 is 2.13 bits per heavy atom. The van der Waals surface area contributed by atoms with E-state index in [-0.39, 0.29) is 16.6 Å². The molecule has 0 fully saturated rings. The van der Waals surface area contributed by atoms with Gasteiger partial charge in [-0.3, -0.25) is 14.5 Å². The van der Waals surface area contributed by atoms with E-state index in [1.807, 2.05) is 0 Å². The number of hydrogen-bond donors (Lipinski definition) is 3. The van der Waals surface area contributed by atoms with E-state index in [0.29, 0.717) is 5.69 Å². The lowest BCUT2D eigenvalue weighted by Gasteiger charge is -2.03. The van der Waals surface area contributed by atoms with Crippen molar-refractivity contribution in [2.75, 3.05) is 11.3 Å². The number of nitrogens with one attached hydrogen (secondary N) is 3. The maximum Gasteiger partial charge on any atom is 0.350 e. The molecule has 0 spiro atoms. The quantitative estimate of drug-likeness (QED) is 0.625. The summed E-state index contributed by atoms with van der Waals surface area (Å²) in [5.74, 6) is -0.616. The molecule has 2 heterocycles. The van der Waals surface area contributed by atoms with Gasteiger partial charge in [-0.15, -0.1) is 0 Å². The summed E-state index contributed by atoms with van der Waals surface area (Å²) in [6, 6.07) is 0. The van der Waals surface area contributed by atoms with Crippen LogP contribution in [0.15, 0.2) is 20.7 Å². The maximum atomic E-state index is 12.1. The first-order valence-electron chi connectivity index (χ1n) is 6.24. The van der Waals surface area contributed by atoms with E-state index in [0.717, 1.165) is 17.5 Å². The van der Waals surface area contributed by atoms with Crippen LogP contribution in [0.1, 0.15) is 22.3 Å². The number of esters is 1. The molecule has 3 N–H and O–H groups in total. The highest BCUT2D eigenvalue weighted by atomic mass is 32.2. The predicted octanol–water partition coefficient (Wildman–Crippen LogP) is -0.194. The molecule has 12 heteroatoms. The van der Waals surface area contributed by atoms with E-state index in [4.69, 9.17) is 4.74 Å². The van der Waals surface area contributed by atoms with E-state index in [1.165, 1.54) is 6.92 Å². The predicted molar refractivity (Wildman–Crippen MR) is 81.3 cm³/mol. The number of aryl methyl sites for hydroxylation is 1. The summed E-state index contributed by atoms with van der Waals surface area (Å²) in [7, 11) is -4.27. The van der Waals surface area contributed by atoms with Gasteiger partial charge in [0.05, 0.1) is 12.3 Å². The van der Waals surface area contributed by atoms with Gasteiger partial charge in [0.2, 0.25) is 0 Å². The number of hydrogen-bond acceptors (Lipinski definition) is 8. The van der Waals surface area contributed by atoms with Crippen molar-refractivity contribution in [2.24, 2.45) is 0 Å². The summed E-state index contributed by atoms with van der Waals surface area (Å²) in [6.07, 6.45) is 0.774. The zero-order chi connectivity index (χ0) is 17.2. The number of sulfonamides is 1. The first-order chi connectivity index (χ1) is 10.7. The molecule has 0 aliphatic carbocycles. The first-order valence-corrected chi connectivity index (χ1v) is 8.54. The van der Waals surface area contributed by atoms with E-state index in [2.05, 4.69) is 14.7 Å². The Morgan fingerprint density at radius 1 is 1.43 bits per heavy atom. The number of carbonyl (C=O) groups is 1. The fraction of sp³-hybridized carbons (Fsp3) is 0.273. The van der Waals surface area contributed by atoms with Gasteiger partial charge < -0.3 is 9.72 Å². The van der Waals surface area contributed by atoms with Crippen LogP contribution in [0.5, 0.6) is 0 Å². The molecule has 23 heavy (non-hydrogen) atoms. The monoisotopic (exact) mass is 360 g/mol. The highest BCUT2D eigenvalue weighted by Gasteiger charge is 2.23. The Kier molecular flexibility index (Phi) is 4.65. The molecule has 124 valence electrons. The van der Waals surface area contributed by atoms with Gasteiger partial charge in [-0.1, -0.05) is 11.3 Å². The standard InChI is InChI=1S/C11H12N4O6S2/c1-3-21-9(17)7-5(2)13-11(22-7)15-23(19,20)6-4-12-10(18)14-8(6)16/h4H,3H2,1-2H3,(H,13,15)(H2,12,14,16,18). The van der Waals surface area contributed by atoms with Crippen LogP contribution in [0.2, 0.25) is 0 Å². The number of carbonyl (C=O) groups excluding carboxylic acids is 1. The minimum absolute atomic E-state index is 0.101. The number of aromatic nitrogens is 3. The molecule has 0 radical (unpaired) electrons. The molecule has 2 rings (SSSR count). The molecular formula is C11H12N4O6S2. The van der Waals surface area contributed by atoms with Crippen LogP contribution < -0.4 is 16.0 Å². The number of ether oxygens (including phenoxy) is 1. The second-order valence-corrected chi connectivity index (χ2v) is 6.85. The molecule has 2 aromatic rings. The van der Waals surface area contributed by atoms with Gasteiger partial charge >= 0.3 is 11.7 Å². The van der Waals surface area contributed by atoms with Crippen molar-refractivity contribution in [3.8, 4) is 0 Å². The van der Waals surface area contributed by atoms with Gasteiger partial charge in [0.1, 0.15) is 4.88 Å². The van der Waals surface area contributed by atoms with Gasteiger partial charge in [-0.2, -0.15) is 0 Å². The molecular weight excluding hydrogens is 348 g/mol. The summed E-state index contributed by atoms with van der Waals surface area (Å²) in [5, 5.41) is -0.101. The normalized spacial score (nSPS) is 11.2. The van der Waals surface area contributed by atoms with Crippen molar-refractivity contribution >= 4 is 32.5 Å². The Balaban J connectivity index is 2.35. The minimum Gasteiger partial charge on any atom is -0.462 e. The number of thiazole rings is 1. The molecule has 0 amide bonds. The van der Waals surface area contributed by atoms with Crippen molar-refractivity contribution < 1.29 is 17.9 Å². The first kappa shape index (κ1) is 16.9. The lowest BCUT2D eigenvalue weighted by atomic mass is 10.4. The number of aromatic amines is 2. The highest BCUT2D eigenvalue weighted by Crippen LogP contribution is 2.25. The van der Waals surface area contributed by atoms with E-state index in [1.54, 1.807) is 11.9 Å². The topological polar surface area (TPSA) is 151 Å². The van der Waals surface area contributed by atoms with Crippen LogP contribution in [-0.4, -0.2) is 35.9 Å². The van der Waals surface area contributed by atoms with Crippen molar-refractivity contribution in [1.82, 2.24) is 15.0 Å². The average molecular weight is 360 g/mol. The summed E-state index contributed by atoms with van der Waals surface area (Å²) in [6.45, 7) is 3.33. The summed E-state index contributed by atoms with van der Waals surface area (Å²) < 4.78 is 31.2. The van der Waals surface area contributed by atoms with Crippen LogP contribution in [-0.2, 0) is 14.8 Å². The second kappa shape index (κ2) is 6.34. The number of rotatable bonds is 5. The Hall–Kier alpha value is -2.47. The molecule has 0 unspecified atom stereocenters. The van der Waals surface area contributed by atoms with Gasteiger partial charge in [-0.25, -0.2) is 23.0 Å². The smallest absolute Gasteiger partial charge is 0.350 e. The van der Waals surface area contributed by atoms with Crippen molar-refractivity contribution in [3.05, 3.63) is 37.6 Å². The Bertz CT molecular complexity index is 955. The minimum atomic E-state index is -4.27. The third-order valence-corrected chi connectivity index (χ3v) is 5.08. The summed E-state index contributed by atoms with van der Waals surface area (Å²) >= 11 is 0.778. The van der Waals surface area contributed by atoms with Gasteiger partial charge in [0.25, 0.3) is 15.6 Å². The van der Waals surface area contributed by atoms with Gasteiger partial charge in [0.15, 0.2) is 10.0 Å². The third-order valence-electron chi connectivity index (χ3n) is 2.55. The van der Waals surface area contributed by atoms with Crippen molar-refractivity contribution in [3.63, 3.8) is 0 Å². The van der Waals surface area contributed by atoms with Crippen LogP contribution in [0.25, 0.3) is 0 Å². The van der Waals surface area contributed by atoms with E-state index < -0.39 is 32.1 Å². The lowest BCUT2D eigenvalue weighted by Crippen LogP contribution is -2.29. The fourth-order valence-electron chi connectivity index (χ4n) is 1.59. The Morgan fingerprint density at radius 3 is 2.74 bits per heavy atom. The SMILES string of the molecule is CCOC(=O)c1sc(NS(=O)(=O)c2c[nH]c(=O)[nH]c2=O)nc1C. The second-order valence-electron chi connectivity index (χ2n) is 4.20. The van der Waals surface area contributed by atoms with E-state index >= 15 is 0 Å². The molecule has 0 saturated carbocycles. The van der Waals surface area contributed by atoms with Crippen LogP contribution in [0, 0.1) is 6.92 Å². The van der Waals surface area contributed by atoms with Gasteiger partial charge in [0, 0.05) is 6.20 Å². The maximum absolute atomic E-state index is 12.1. The highest BCUT2D eigenvalue weighted by molar-refractivity contribution is 7.93. The van der Waals surface area contributed by atoms with Crippen LogP contribution in [0.3, 0.4) is 0 Å². The zero-order valence-corrected chi connectivity index (χ0v) is 13.6. The van der Waals surface area contributed by atoms with E-state index in [9.17, 15) is 22.8 Å². The zero-order valence-electron chi connectivity index (χ0n) is 12.0.